The van der Waals surface area contributed by atoms with E-state index in [0.717, 1.165) is 33.0 Å². The molecule has 8 heteroatoms. The molecule has 33 heavy (non-hydrogen) atoms. The Morgan fingerprint density at radius 3 is 2.76 bits per heavy atom. The monoisotopic (exact) mass is 496 g/mol. The predicted molar refractivity (Wildman–Crippen MR) is 137 cm³/mol. The van der Waals surface area contributed by atoms with Gasteiger partial charge in [-0.3, -0.25) is 4.57 Å². The molecule has 0 N–H and O–H groups in total. The lowest BCUT2D eigenvalue weighted by molar-refractivity contribution is 0.209. The Hall–Kier alpha value is -2.61. The molecule has 1 atom stereocenters. The SMILES string of the molecule is C=CCn1c(SCc2csc(-c3ccccc3C)n2)nnc1C(C)Oc1ccc(Cl)cc1C. The van der Waals surface area contributed by atoms with Gasteiger partial charge in [0.15, 0.2) is 17.1 Å². The molecule has 0 aliphatic carbocycles. The molecule has 4 aromatic rings. The van der Waals surface area contributed by atoms with Gasteiger partial charge in [0.25, 0.3) is 0 Å². The summed E-state index contributed by atoms with van der Waals surface area (Å²) in [7, 11) is 0. The normalized spacial score (nSPS) is 12.0. The Bertz CT molecular complexity index is 1270. The van der Waals surface area contributed by atoms with Gasteiger partial charge >= 0.3 is 0 Å². The van der Waals surface area contributed by atoms with Gasteiger partial charge in [0, 0.05) is 28.3 Å². The molecule has 2 aromatic heterocycles. The van der Waals surface area contributed by atoms with Crippen LogP contribution < -0.4 is 4.74 Å². The van der Waals surface area contributed by atoms with Gasteiger partial charge in [-0.05, 0) is 50.1 Å². The summed E-state index contributed by atoms with van der Waals surface area (Å²) in [5.41, 5.74) is 4.41. The number of aromatic nitrogens is 4. The Balaban J connectivity index is 1.49. The van der Waals surface area contributed by atoms with Crippen LogP contribution in [0.15, 0.2) is 65.7 Å². The number of nitrogens with zero attached hydrogens (tertiary/aromatic N) is 4. The van der Waals surface area contributed by atoms with E-state index in [1.807, 2.05) is 54.8 Å². The molecule has 0 aliphatic heterocycles. The Morgan fingerprint density at radius 1 is 1.18 bits per heavy atom. The summed E-state index contributed by atoms with van der Waals surface area (Å²) in [6.07, 6.45) is 1.56. The number of halogens is 1. The third kappa shape index (κ3) is 5.49. The van der Waals surface area contributed by atoms with Gasteiger partial charge in [-0.15, -0.1) is 28.1 Å². The Kier molecular flexibility index (Phi) is 7.53. The molecule has 2 heterocycles. The van der Waals surface area contributed by atoms with Gasteiger partial charge < -0.3 is 4.74 Å². The van der Waals surface area contributed by atoms with Gasteiger partial charge in [0.2, 0.25) is 0 Å². The van der Waals surface area contributed by atoms with Crippen LogP contribution in [0, 0.1) is 13.8 Å². The molecule has 0 amide bonds. The summed E-state index contributed by atoms with van der Waals surface area (Å²) >= 11 is 9.35. The second-order valence-electron chi connectivity index (χ2n) is 7.66. The zero-order valence-corrected chi connectivity index (χ0v) is 21.2. The van der Waals surface area contributed by atoms with Gasteiger partial charge in [-0.1, -0.05) is 53.7 Å². The van der Waals surface area contributed by atoms with Crippen LogP contribution >= 0.6 is 34.7 Å². The zero-order chi connectivity index (χ0) is 23.4. The molecule has 1 unspecified atom stereocenters. The minimum Gasteiger partial charge on any atom is -0.482 e. The third-order valence-electron chi connectivity index (χ3n) is 5.14. The molecule has 0 fully saturated rings. The smallest absolute Gasteiger partial charge is 0.192 e. The van der Waals surface area contributed by atoms with E-state index >= 15 is 0 Å². The van der Waals surface area contributed by atoms with E-state index in [0.29, 0.717) is 17.3 Å². The summed E-state index contributed by atoms with van der Waals surface area (Å²) in [5.74, 6) is 2.24. The number of thiazole rings is 1. The first kappa shape index (κ1) is 23.5. The number of thioether (sulfide) groups is 1. The molecule has 4 rings (SSSR count). The quantitative estimate of drug-likeness (QED) is 0.180. The number of hydrogen-bond acceptors (Lipinski definition) is 6. The molecular formula is C25H25ClN4OS2. The lowest BCUT2D eigenvalue weighted by atomic mass is 10.1. The van der Waals surface area contributed by atoms with E-state index in [1.54, 1.807) is 23.1 Å². The first-order chi connectivity index (χ1) is 16.0. The highest BCUT2D eigenvalue weighted by Crippen LogP contribution is 2.31. The number of aryl methyl sites for hydroxylation is 2. The maximum absolute atomic E-state index is 6.18. The molecule has 0 bridgehead atoms. The molecular weight excluding hydrogens is 472 g/mol. The third-order valence-corrected chi connectivity index (χ3v) is 7.30. The highest BCUT2D eigenvalue weighted by atomic mass is 35.5. The van der Waals surface area contributed by atoms with Gasteiger partial charge in [0.05, 0.1) is 5.69 Å². The van der Waals surface area contributed by atoms with Crippen molar-refractivity contribution in [1.82, 2.24) is 19.7 Å². The van der Waals surface area contributed by atoms with Crippen LogP contribution in [0.2, 0.25) is 5.02 Å². The van der Waals surface area contributed by atoms with Crippen molar-refractivity contribution in [2.45, 2.75) is 44.3 Å². The van der Waals surface area contributed by atoms with Crippen molar-refractivity contribution in [3.05, 3.63) is 88.2 Å². The van der Waals surface area contributed by atoms with Crippen LogP contribution in [-0.4, -0.2) is 19.7 Å². The van der Waals surface area contributed by atoms with Crippen LogP contribution in [0.3, 0.4) is 0 Å². The fourth-order valence-electron chi connectivity index (χ4n) is 3.44. The highest BCUT2D eigenvalue weighted by Gasteiger charge is 2.20. The average Bonchev–Trinajstić information content (AvgIpc) is 3.42. The van der Waals surface area contributed by atoms with E-state index in [4.69, 9.17) is 21.3 Å². The first-order valence-electron chi connectivity index (χ1n) is 10.6. The lowest BCUT2D eigenvalue weighted by Crippen LogP contribution is -2.12. The summed E-state index contributed by atoms with van der Waals surface area (Å²) in [6, 6.07) is 13.9. The largest absolute Gasteiger partial charge is 0.482 e. The highest BCUT2D eigenvalue weighted by molar-refractivity contribution is 7.98. The van der Waals surface area contributed by atoms with Crippen LogP contribution in [-0.2, 0) is 12.3 Å². The molecule has 5 nitrogen and oxygen atoms in total. The first-order valence-corrected chi connectivity index (χ1v) is 12.8. The fourth-order valence-corrected chi connectivity index (χ4v) is 5.53. The number of hydrogen-bond donors (Lipinski definition) is 0. The molecule has 0 saturated heterocycles. The van der Waals surface area contributed by atoms with E-state index in [-0.39, 0.29) is 6.10 Å². The van der Waals surface area contributed by atoms with E-state index in [1.165, 1.54) is 11.1 Å². The number of rotatable bonds is 9. The fraction of sp³-hybridized carbons (Fsp3) is 0.240. The molecule has 0 aliphatic rings. The van der Waals surface area contributed by atoms with Crippen molar-refractivity contribution < 1.29 is 4.74 Å². The maximum Gasteiger partial charge on any atom is 0.192 e. The van der Waals surface area contributed by atoms with Crippen LogP contribution in [0.25, 0.3) is 10.6 Å². The van der Waals surface area contributed by atoms with E-state index < -0.39 is 0 Å². The maximum atomic E-state index is 6.18. The van der Waals surface area contributed by atoms with Gasteiger partial charge in [-0.2, -0.15) is 0 Å². The minimum absolute atomic E-state index is 0.279. The Labute approximate surface area is 207 Å². The lowest BCUT2D eigenvalue weighted by Gasteiger charge is -2.17. The van der Waals surface area contributed by atoms with Crippen molar-refractivity contribution in [1.29, 1.82) is 0 Å². The molecule has 170 valence electrons. The topological polar surface area (TPSA) is 52.8 Å². The summed E-state index contributed by atoms with van der Waals surface area (Å²) < 4.78 is 8.22. The summed E-state index contributed by atoms with van der Waals surface area (Å²) in [6.45, 7) is 10.6. The number of benzene rings is 2. The molecule has 0 spiro atoms. The van der Waals surface area contributed by atoms with Gasteiger partial charge in [0.1, 0.15) is 10.8 Å². The summed E-state index contributed by atoms with van der Waals surface area (Å²) in [5, 5.41) is 13.5. The second kappa shape index (κ2) is 10.5. The molecule has 2 aromatic carbocycles. The molecule has 0 saturated carbocycles. The van der Waals surface area contributed by atoms with E-state index in [9.17, 15) is 0 Å². The van der Waals surface area contributed by atoms with Crippen LogP contribution in [0.4, 0.5) is 0 Å². The molecule has 0 radical (unpaired) electrons. The number of ether oxygens (including phenoxy) is 1. The average molecular weight is 497 g/mol. The Morgan fingerprint density at radius 2 is 2.00 bits per heavy atom. The van der Waals surface area contributed by atoms with Crippen molar-refractivity contribution in [2.75, 3.05) is 0 Å². The van der Waals surface area contributed by atoms with Crippen molar-refractivity contribution in [2.24, 2.45) is 0 Å². The van der Waals surface area contributed by atoms with Crippen molar-refractivity contribution in [3.63, 3.8) is 0 Å². The number of allylic oxidation sites excluding steroid dienone is 1. The standard InChI is InChI=1S/C25H25ClN4OS2/c1-5-12-30-23(18(4)31-22-11-10-19(26)13-17(22)3)28-29-25(30)33-15-20-14-32-24(27-20)21-9-7-6-8-16(21)2/h5-11,13-14,18H,1,12,15H2,2-4H3. The minimum atomic E-state index is -0.279. The van der Waals surface area contributed by atoms with Crippen LogP contribution in [0.5, 0.6) is 5.75 Å². The van der Waals surface area contributed by atoms with Crippen LogP contribution in [0.1, 0.15) is 35.7 Å². The van der Waals surface area contributed by atoms with Gasteiger partial charge in [-0.25, -0.2) is 4.98 Å². The predicted octanol–water partition coefficient (Wildman–Crippen LogP) is 7.29. The second-order valence-corrected chi connectivity index (χ2v) is 9.89. The zero-order valence-electron chi connectivity index (χ0n) is 18.8. The van der Waals surface area contributed by atoms with Crippen molar-refractivity contribution >= 4 is 34.7 Å². The van der Waals surface area contributed by atoms with E-state index in [2.05, 4.69) is 41.2 Å². The summed E-state index contributed by atoms with van der Waals surface area (Å²) in [4.78, 5) is 4.83. The van der Waals surface area contributed by atoms with Crippen molar-refractivity contribution in [3.8, 4) is 16.3 Å².